The van der Waals surface area contributed by atoms with Gasteiger partial charge in [-0.15, -0.1) is 0 Å². The van der Waals surface area contributed by atoms with Crippen molar-refractivity contribution in [1.29, 1.82) is 0 Å². The summed E-state index contributed by atoms with van der Waals surface area (Å²) < 4.78 is 0. The van der Waals surface area contributed by atoms with Crippen molar-refractivity contribution in [3.8, 4) is 0 Å². The van der Waals surface area contributed by atoms with Gasteiger partial charge in [0, 0.05) is 6.54 Å². The van der Waals surface area contributed by atoms with Crippen LogP contribution in [0, 0.1) is 17.8 Å². The van der Waals surface area contributed by atoms with Crippen LogP contribution in [-0.2, 0) is 4.79 Å². The lowest BCUT2D eigenvalue weighted by atomic mass is 9.82. The predicted octanol–water partition coefficient (Wildman–Crippen LogP) is 3.79. The van der Waals surface area contributed by atoms with Crippen LogP contribution in [0.5, 0.6) is 0 Å². The number of rotatable bonds is 6. The van der Waals surface area contributed by atoms with E-state index in [4.69, 9.17) is 0 Å². The molecule has 1 amide bonds. The lowest BCUT2D eigenvalue weighted by molar-refractivity contribution is -0.131. The smallest absolute Gasteiger partial charge is 0.241 e. The van der Waals surface area contributed by atoms with Gasteiger partial charge >= 0.3 is 0 Å². The van der Waals surface area contributed by atoms with Gasteiger partial charge in [-0.3, -0.25) is 10.1 Å². The van der Waals surface area contributed by atoms with E-state index in [1.807, 2.05) is 0 Å². The highest BCUT2D eigenvalue weighted by Gasteiger charge is 2.40. The molecule has 1 aliphatic carbocycles. The number of unbranched alkanes of at least 4 members (excludes halogenated alkanes) is 1. The Morgan fingerprint density at radius 3 is 2.71 bits per heavy atom. The number of carbonyl (C=O) groups is 1. The first-order valence-electron chi connectivity index (χ1n) is 9.09. The summed E-state index contributed by atoms with van der Waals surface area (Å²) in [7, 11) is 0. The van der Waals surface area contributed by atoms with Crippen molar-refractivity contribution >= 4 is 5.91 Å². The Labute approximate surface area is 130 Å². The van der Waals surface area contributed by atoms with Crippen LogP contribution < -0.4 is 5.32 Å². The molecule has 21 heavy (non-hydrogen) atoms. The molecule has 2 fully saturated rings. The van der Waals surface area contributed by atoms with E-state index in [0.717, 1.165) is 31.7 Å². The SMILES string of the molecule is CCCCC1NC(C(C)C)N(CC2CCCC(C)C2)C1=O. The molecule has 0 bridgehead atoms. The lowest BCUT2D eigenvalue weighted by Gasteiger charge is -2.34. The minimum Gasteiger partial charge on any atom is -0.325 e. The summed E-state index contributed by atoms with van der Waals surface area (Å²) in [5, 5.41) is 3.60. The Hall–Kier alpha value is -0.570. The fourth-order valence-corrected chi connectivity index (χ4v) is 4.08. The molecule has 0 aromatic carbocycles. The highest BCUT2D eigenvalue weighted by molar-refractivity contribution is 5.84. The summed E-state index contributed by atoms with van der Waals surface area (Å²) in [6.45, 7) is 9.98. The van der Waals surface area contributed by atoms with Gasteiger partial charge in [-0.25, -0.2) is 0 Å². The molecule has 4 atom stereocenters. The molecular formula is C18H34N2O. The molecule has 1 saturated heterocycles. The van der Waals surface area contributed by atoms with Gasteiger partial charge in [0.15, 0.2) is 0 Å². The Balaban J connectivity index is 1.98. The van der Waals surface area contributed by atoms with E-state index >= 15 is 0 Å². The van der Waals surface area contributed by atoms with Crippen LogP contribution in [0.15, 0.2) is 0 Å². The number of carbonyl (C=O) groups excluding carboxylic acids is 1. The number of amides is 1. The molecule has 0 aromatic rings. The molecule has 1 saturated carbocycles. The Morgan fingerprint density at radius 1 is 1.33 bits per heavy atom. The van der Waals surface area contributed by atoms with E-state index in [9.17, 15) is 4.79 Å². The number of hydrogen-bond donors (Lipinski definition) is 1. The number of hydrogen-bond acceptors (Lipinski definition) is 2. The van der Waals surface area contributed by atoms with Gasteiger partial charge in [-0.1, -0.05) is 53.4 Å². The fraction of sp³-hybridized carbons (Fsp3) is 0.944. The zero-order valence-electron chi connectivity index (χ0n) is 14.4. The molecule has 0 aromatic heterocycles. The van der Waals surface area contributed by atoms with Crippen molar-refractivity contribution in [2.45, 2.75) is 84.8 Å². The van der Waals surface area contributed by atoms with E-state index in [1.165, 1.54) is 25.7 Å². The summed E-state index contributed by atoms with van der Waals surface area (Å²) in [5.41, 5.74) is 0. The first-order chi connectivity index (χ1) is 10.0. The molecule has 2 aliphatic rings. The largest absolute Gasteiger partial charge is 0.325 e. The van der Waals surface area contributed by atoms with Crippen LogP contribution in [0.2, 0.25) is 0 Å². The second kappa shape index (κ2) is 7.62. The molecule has 2 rings (SSSR count). The zero-order valence-corrected chi connectivity index (χ0v) is 14.4. The molecule has 1 N–H and O–H groups in total. The molecule has 0 radical (unpaired) electrons. The maximum atomic E-state index is 12.7. The van der Waals surface area contributed by atoms with Gasteiger partial charge in [0.05, 0.1) is 12.2 Å². The topological polar surface area (TPSA) is 32.3 Å². The maximum Gasteiger partial charge on any atom is 0.241 e. The normalized spacial score (nSPS) is 34.0. The average molecular weight is 294 g/mol. The van der Waals surface area contributed by atoms with Crippen molar-refractivity contribution in [2.24, 2.45) is 17.8 Å². The van der Waals surface area contributed by atoms with Gasteiger partial charge in [-0.2, -0.15) is 0 Å². The fourth-order valence-electron chi connectivity index (χ4n) is 4.08. The van der Waals surface area contributed by atoms with Crippen molar-refractivity contribution in [2.75, 3.05) is 6.54 Å². The molecular weight excluding hydrogens is 260 g/mol. The number of nitrogens with one attached hydrogen (secondary N) is 1. The van der Waals surface area contributed by atoms with Gasteiger partial charge in [-0.05, 0) is 37.0 Å². The molecule has 1 aliphatic heterocycles. The summed E-state index contributed by atoms with van der Waals surface area (Å²) in [5.74, 6) is 2.40. The van der Waals surface area contributed by atoms with Crippen molar-refractivity contribution < 1.29 is 4.79 Å². The van der Waals surface area contributed by atoms with Crippen molar-refractivity contribution in [1.82, 2.24) is 10.2 Å². The molecule has 4 unspecified atom stereocenters. The van der Waals surface area contributed by atoms with E-state index in [-0.39, 0.29) is 12.2 Å². The third kappa shape index (κ3) is 4.21. The van der Waals surface area contributed by atoms with Crippen LogP contribution >= 0.6 is 0 Å². The first-order valence-corrected chi connectivity index (χ1v) is 9.09. The number of nitrogens with zero attached hydrogens (tertiary/aromatic N) is 1. The third-order valence-corrected chi connectivity index (χ3v) is 5.27. The summed E-state index contributed by atoms with van der Waals surface area (Å²) >= 11 is 0. The standard InChI is InChI=1S/C18H34N2O/c1-5-6-10-16-18(21)20(17(19-16)13(2)3)12-15-9-7-8-14(4)11-15/h13-17,19H,5-12H2,1-4H3. The lowest BCUT2D eigenvalue weighted by Crippen LogP contribution is -2.44. The second-order valence-corrected chi connectivity index (χ2v) is 7.68. The molecule has 3 nitrogen and oxygen atoms in total. The molecule has 0 spiro atoms. The second-order valence-electron chi connectivity index (χ2n) is 7.68. The van der Waals surface area contributed by atoms with Crippen LogP contribution in [-0.4, -0.2) is 29.6 Å². The quantitative estimate of drug-likeness (QED) is 0.808. The highest BCUT2D eigenvalue weighted by Crippen LogP contribution is 2.31. The van der Waals surface area contributed by atoms with E-state index in [2.05, 4.69) is 37.9 Å². The highest BCUT2D eigenvalue weighted by atomic mass is 16.2. The molecule has 1 heterocycles. The maximum absolute atomic E-state index is 12.7. The van der Waals surface area contributed by atoms with Crippen molar-refractivity contribution in [3.63, 3.8) is 0 Å². The van der Waals surface area contributed by atoms with E-state index < -0.39 is 0 Å². The van der Waals surface area contributed by atoms with Crippen LogP contribution in [0.25, 0.3) is 0 Å². The minimum atomic E-state index is 0.0679. The Bertz CT molecular complexity index is 342. The van der Waals surface area contributed by atoms with E-state index in [1.54, 1.807) is 0 Å². The van der Waals surface area contributed by atoms with Gasteiger partial charge in [0.2, 0.25) is 5.91 Å². The van der Waals surface area contributed by atoms with Crippen molar-refractivity contribution in [3.05, 3.63) is 0 Å². The minimum absolute atomic E-state index is 0.0679. The predicted molar refractivity (Wildman–Crippen MR) is 87.9 cm³/mol. The first kappa shape index (κ1) is 16.8. The average Bonchev–Trinajstić information content (AvgIpc) is 2.74. The summed E-state index contributed by atoms with van der Waals surface area (Å²) in [6, 6.07) is 0.0679. The summed E-state index contributed by atoms with van der Waals surface area (Å²) in [4.78, 5) is 14.9. The van der Waals surface area contributed by atoms with E-state index in [0.29, 0.717) is 17.7 Å². The van der Waals surface area contributed by atoms with Gasteiger partial charge in [0.1, 0.15) is 0 Å². The molecule has 122 valence electrons. The van der Waals surface area contributed by atoms with Crippen LogP contribution in [0.1, 0.15) is 72.6 Å². The van der Waals surface area contributed by atoms with Gasteiger partial charge in [0.25, 0.3) is 0 Å². The Kier molecular flexibility index (Phi) is 6.09. The third-order valence-electron chi connectivity index (χ3n) is 5.27. The zero-order chi connectivity index (χ0) is 15.4. The Morgan fingerprint density at radius 2 is 2.10 bits per heavy atom. The molecule has 3 heteroatoms. The van der Waals surface area contributed by atoms with Crippen LogP contribution in [0.3, 0.4) is 0 Å². The summed E-state index contributed by atoms with van der Waals surface area (Å²) in [6.07, 6.45) is 8.86. The monoisotopic (exact) mass is 294 g/mol. The van der Waals surface area contributed by atoms with Gasteiger partial charge < -0.3 is 4.90 Å². The van der Waals surface area contributed by atoms with Crippen LogP contribution in [0.4, 0.5) is 0 Å².